The normalized spacial score (nSPS) is 16.6. The first kappa shape index (κ1) is 16.1. The molecule has 0 bridgehead atoms. The van der Waals surface area contributed by atoms with E-state index < -0.39 is 0 Å². The number of nitrogens with one attached hydrogen (secondary N) is 2. The summed E-state index contributed by atoms with van der Waals surface area (Å²) < 4.78 is 0. The SMILES string of the molecule is CSCCCCNC(=O)C1CCNCC1.Cl. The Morgan fingerprint density at radius 1 is 1.38 bits per heavy atom. The molecule has 5 heteroatoms. The van der Waals surface area contributed by atoms with Crippen LogP contribution in [0, 0.1) is 5.92 Å². The first-order valence-electron chi connectivity index (χ1n) is 5.82. The predicted molar refractivity (Wildman–Crippen MR) is 73.5 cm³/mol. The van der Waals surface area contributed by atoms with Crippen LogP contribution in [0.3, 0.4) is 0 Å². The average molecular weight is 267 g/mol. The number of piperidine rings is 1. The fraction of sp³-hybridized carbons (Fsp3) is 0.909. The van der Waals surface area contributed by atoms with Crippen molar-refractivity contribution < 1.29 is 4.79 Å². The van der Waals surface area contributed by atoms with Gasteiger partial charge in [0.2, 0.25) is 5.91 Å². The van der Waals surface area contributed by atoms with Crippen molar-refractivity contribution in [1.82, 2.24) is 10.6 Å². The molecule has 1 amide bonds. The van der Waals surface area contributed by atoms with Crippen LogP contribution >= 0.6 is 24.2 Å². The van der Waals surface area contributed by atoms with Gasteiger partial charge in [-0.3, -0.25) is 4.79 Å². The largest absolute Gasteiger partial charge is 0.356 e. The van der Waals surface area contributed by atoms with Crippen LogP contribution < -0.4 is 10.6 Å². The van der Waals surface area contributed by atoms with Crippen LogP contribution in [-0.2, 0) is 4.79 Å². The zero-order valence-electron chi connectivity index (χ0n) is 9.96. The Labute approximate surface area is 109 Å². The second kappa shape index (κ2) is 10.2. The van der Waals surface area contributed by atoms with Crippen molar-refractivity contribution in [1.29, 1.82) is 0 Å². The van der Waals surface area contributed by atoms with Crippen LogP contribution in [0.4, 0.5) is 0 Å². The van der Waals surface area contributed by atoms with E-state index in [0.717, 1.165) is 38.9 Å². The van der Waals surface area contributed by atoms with Crippen LogP contribution in [0.2, 0.25) is 0 Å². The fourth-order valence-electron chi connectivity index (χ4n) is 1.81. The Kier molecular flexibility index (Phi) is 10.3. The van der Waals surface area contributed by atoms with Crippen molar-refractivity contribution in [3.8, 4) is 0 Å². The van der Waals surface area contributed by atoms with Crippen LogP contribution in [0.5, 0.6) is 0 Å². The van der Waals surface area contributed by atoms with Gasteiger partial charge in [0.05, 0.1) is 0 Å². The van der Waals surface area contributed by atoms with Gasteiger partial charge in [-0.2, -0.15) is 11.8 Å². The lowest BCUT2D eigenvalue weighted by atomic mass is 9.97. The molecule has 1 aliphatic rings. The molecular weight excluding hydrogens is 244 g/mol. The number of amides is 1. The second-order valence-electron chi connectivity index (χ2n) is 4.02. The van der Waals surface area contributed by atoms with Gasteiger partial charge >= 0.3 is 0 Å². The maximum absolute atomic E-state index is 11.7. The van der Waals surface area contributed by atoms with E-state index in [1.165, 1.54) is 12.2 Å². The number of thioether (sulfide) groups is 1. The summed E-state index contributed by atoms with van der Waals surface area (Å²) in [5.74, 6) is 1.72. The fourth-order valence-corrected chi connectivity index (χ4v) is 2.30. The highest BCUT2D eigenvalue weighted by Crippen LogP contribution is 2.11. The van der Waals surface area contributed by atoms with Crippen molar-refractivity contribution in [2.75, 3.05) is 31.6 Å². The zero-order chi connectivity index (χ0) is 10.9. The van der Waals surface area contributed by atoms with Gasteiger partial charge in [-0.1, -0.05) is 0 Å². The molecule has 1 saturated heterocycles. The minimum Gasteiger partial charge on any atom is -0.356 e. The number of unbranched alkanes of at least 4 members (excludes halogenated alkanes) is 1. The molecule has 1 fully saturated rings. The van der Waals surface area contributed by atoms with E-state index in [4.69, 9.17) is 0 Å². The van der Waals surface area contributed by atoms with Gasteiger partial charge in [-0.25, -0.2) is 0 Å². The van der Waals surface area contributed by atoms with Crippen molar-refractivity contribution in [3.05, 3.63) is 0 Å². The number of hydrogen-bond donors (Lipinski definition) is 2. The van der Waals surface area contributed by atoms with Crippen molar-refractivity contribution in [2.24, 2.45) is 5.92 Å². The standard InChI is InChI=1S/C11H22N2OS.ClH/c1-15-9-3-2-6-13-11(14)10-4-7-12-8-5-10;/h10,12H,2-9H2,1H3,(H,13,14);1H. The lowest BCUT2D eigenvalue weighted by Gasteiger charge is -2.21. The van der Waals surface area contributed by atoms with Crippen molar-refractivity contribution >= 4 is 30.1 Å². The molecule has 0 aromatic heterocycles. The van der Waals surface area contributed by atoms with E-state index in [2.05, 4.69) is 16.9 Å². The number of rotatable bonds is 6. The third kappa shape index (κ3) is 6.61. The summed E-state index contributed by atoms with van der Waals surface area (Å²) in [5.41, 5.74) is 0. The molecule has 1 heterocycles. The van der Waals surface area contributed by atoms with Crippen molar-refractivity contribution in [3.63, 3.8) is 0 Å². The zero-order valence-corrected chi connectivity index (χ0v) is 11.6. The van der Waals surface area contributed by atoms with Gasteiger partial charge in [0.15, 0.2) is 0 Å². The van der Waals surface area contributed by atoms with Gasteiger partial charge in [-0.15, -0.1) is 12.4 Å². The molecule has 2 N–H and O–H groups in total. The van der Waals surface area contributed by atoms with Crippen LogP contribution in [0.1, 0.15) is 25.7 Å². The van der Waals surface area contributed by atoms with E-state index in [1.807, 2.05) is 11.8 Å². The summed E-state index contributed by atoms with van der Waals surface area (Å²) in [4.78, 5) is 11.7. The molecule has 0 saturated carbocycles. The third-order valence-corrected chi connectivity index (χ3v) is 3.48. The molecule has 16 heavy (non-hydrogen) atoms. The average Bonchev–Trinajstić information content (AvgIpc) is 2.30. The summed E-state index contributed by atoms with van der Waals surface area (Å²) in [7, 11) is 0. The second-order valence-corrected chi connectivity index (χ2v) is 5.00. The number of hydrogen-bond acceptors (Lipinski definition) is 3. The Balaban J connectivity index is 0.00000225. The predicted octanol–water partition coefficient (Wildman–Crippen LogP) is 1.67. The van der Waals surface area contributed by atoms with E-state index in [-0.39, 0.29) is 24.2 Å². The highest BCUT2D eigenvalue weighted by Gasteiger charge is 2.19. The van der Waals surface area contributed by atoms with Gasteiger partial charge in [0.25, 0.3) is 0 Å². The van der Waals surface area contributed by atoms with Gasteiger partial charge in [0.1, 0.15) is 0 Å². The Morgan fingerprint density at radius 2 is 2.06 bits per heavy atom. The molecule has 0 aromatic carbocycles. The van der Waals surface area contributed by atoms with Crippen LogP contribution in [-0.4, -0.2) is 37.6 Å². The van der Waals surface area contributed by atoms with Crippen molar-refractivity contribution in [2.45, 2.75) is 25.7 Å². The third-order valence-electron chi connectivity index (χ3n) is 2.78. The molecule has 1 rings (SSSR count). The monoisotopic (exact) mass is 266 g/mol. The first-order chi connectivity index (χ1) is 7.34. The summed E-state index contributed by atoms with van der Waals surface area (Å²) in [6.07, 6.45) is 6.42. The van der Waals surface area contributed by atoms with Gasteiger partial charge in [0, 0.05) is 12.5 Å². The summed E-state index contributed by atoms with van der Waals surface area (Å²) in [6.45, 7) is 2.83. The molecule has 0 aromatic rings. The number of halogens is 1. The summed E-state index contributed by atoms with van der Waals surface area (Å²) in [5, 5.41) is 6.31. The van der Waals surface area contributed by atoms with Gasteiger partial charge in [-0.05, 0) is 50.8 Å². The molecule has 0 spiro atoms. The Morgan fingerprint density at radius 3 is 2.69 bits per heavy atom. The number of carbonyl (C=O) groups excluding carboxylic acids is 1. The maximum atomic E-state index is 11.7. The smallest absolute Gasteiger partial charge is 0.223 e. The molecular formula is C11H23ClN2OS. The highest BCUT2D eigenvalue weighted by molar-refractivity contribution is 7.98. The molecule has 1 aliphatic heterocycles. The first-order valence-corrected chi connectivity index (χ1v) is 7.21. The maximum Gasteiger partial charge on any atom is 0.223 e. The van der Waals surface area contributed by atoms with E-state index >= 15 is 0 Å². The molecule has 0 unspecified atom stereocenters. The minimum atomic E-state index is 0. The lowest BCUT2D eigenvalue weighted by Crippen LogP contribution is -2.38. The van der Waals surface area contributed by atoms with Gasteiger partial charge < -0.3 is 10.6 Å². The van der Waals surface area contributed by atoms with E-state index in [9.17, 15) is 4.79 Å². The quantitative estimate of drug-likeness (QED) is 0.719. The van der Waals surface area contributed by atoms with E-state index in [0.29, 0.717) is 0 Å². The van der Waals surface area contributed by atoms with Crippen LogP contribution in [0.25, 0.3) is 0 Å². The molecule has 3 nitrogen and oxygen atoms in total. The number of carbonyl (C=O) groups is 1. The van der Waals surface area contributed by atoms with E-state index in [1.54, 1.807) is 0 Å². The molecule has 0 atom stereocenters. The molecule has 96 valence electrons. The minimum absolute atomic E-state index is 0. The summed E-state index contributed by atoms with van der Waals surface area (Å²) in [6, 6.07) is 0. The van der Waals surface area contributed by atoms with Crippen LogP contribution in [0.15, 0.2) is 0 Å². The Hall–Kier alpha value is 0.0700. The summed E-state index contributed by atoms with van der Waals surface area (Å²) >= 11 is 1.87. The lowest BCUT2D eigenvalue weighted by molar-refractivity contribution is -0.125. The molecule has 0 radical (unpaired) electrons. The topological polar surface area (TPSA) is 41.1 Å². The molecule has 0 aliphatic carbocycles. The Bertz CT molecular complexity index is 187. The highest BCUT2D eigenvalue weighted by atomic mass is 35.5.